The van der Waals surface area contributed by atoms with Crippen LogP contribution in [0.25, 0.3) is 21.5 Å². The van der Waals surface area contributed by atoms with Gasteiger partial charge in [-0.2, -0.15) is 0 Å². The first-order chi connectivity index (χ1) is 12.0. The fourth-order valence-electron chi connectivity index (χ4n) is 2.97. The molecular weight excluding hydrogens is 314 g/mol. The number of hydrogen-bond acceptors (Lipinski definition) is 4. The number of ether oxygens (including phenoxy) is 1. The molecule has 0 spiro atoms. The topological polar surface area (TPSA) is 46.6 Å². The van der Waals surface area contributed by atoms with Crippen molar-refractivity contribution >= 4 is 33.3 Å². The van der Waals surface area contributed by atoms with E-state index < -0.39 is 5.97 Å². The summed E-state index contributed by atoms with van der Waals surface area (Å²) in [7, 11) is 4.80. The van der Waals surface area contributed by atoms with Crippen LogP contribution in [0.5, 0.6) is 0 Å². The van der Waals surface area contributed by atoms with Crippen LogP contribution >= 0.6 is 0 Å². The van der Waals surface area contributed by atoms with E-state index in [1.165, 1.54) is 13.3 Å². The van der Waals surface area contributed by atoms with Crippen molar-refractivity contribution in [3.8, 4) is 0 Å². The molecule has 0 aliphatic heterocycles. The Kier molecular flexibility index (Phi) is 4.52. The van der Waals surface area contributed by atoms with Gasteiger partial charge < -0.3 is 9.64 Å². The molecule has 0 fully saturated rings. The number of hydrogen-bond donors (Lipinski definition) is 0. The van der Waals surface area contributed by atoms with Gasteiger partial charge in [-0.25, -0.2) is 4.79 Å². The summed E-state index contributed by atoms with van der Waals surface area (Å²) in [6.45, 7) is 0. The summed E-state index contributed by atoms with van der Waals surface area (Å²) < 4.78 is 4.83. The van der Waals surface area contributed by atoms with Gasteiger partial charge in [0.05, 0.1) is 7.11 Å². The highest BCUT2D eigenvalue weighted by Crippen LogP contribution is 2.30. The van der Waals surface area contributed by atoms with Crippen LogP contribution in [-0.2, 0) is 9.53 Å². The van der Waals surface area contributed by atoms with Crippen LogP contribution in [0.3, 0.4) is 0 Å². The standard InChI is InChI=1S/C21H19NO3/c1-22(2)13-18(21(24)25-3)20(23)19-16-10-6-4-8-14(16)12-15-9-5-7-11-17(15)19/h4-13H,1-3H3/b18-13-. The molecule has 0 unspecified atom stereocenters. The molecule has 0 amide bonds. The molecule has 0 aliphatic rings. The third kappa shape index (κ3) is 3.11. The average Bonchev–Trinajstić information content (AvgIpc) is 2.62. The van der Waals surface area contributed by atoms with E-state index in [-0.39, 0.29) is 11.4 Å². The fraction of sp³-hybridized carbons (Fsp3) is 0.143. The maximum Gasteiger partial charge on any atom is 0.343 e. The predicted octanol–water partition coefficient (Wildman–Crippen LogP) is 3.79. The molecule has 0 aliphatic carbocycles. The minimum absolute atomic E-state index is 0.00834. The number of nitrogens with zero attached hydrogens (tertiary/aromatic N) is 1. The van der Waals surface area contributed by atoms with Gasteiger partial charge in [0.2, 0.25) is 5.78 Å². The van der Waals surface area contributed by atoms with Crippen LogP contribution in [0.4, 0.5) is 0 Å². The number of Topliss-reactive ketones (excluding diaryl/α,β-unsaturated/α-hetero) is 1. The zero-order valence-electron chi connectivity index (χ0n) is 14.4. The number of carbonyl (C=O) groups excluding carboxylic acids is 2. The number of esters is 1. The van der Waals surface area contributed by atoms with Crippen molar-refractivity contribution in [2.45, 2.75) is 0 Å². The summed E-state index contributed by atoms with van der Waals surface area (Å²) in [6.07, 6.45) is 1.50. The van der Waals surface area contributed by atoms with E-state index in [1.54, 1.807) is 19.0 Å². The predicted molar refractivity (Wildman–Crippen MR) is 99.6 cm³/mol. The van der Waals surface area contributed by atoms with Gasteiger partial charge >= 0.3 is 5.97 Å². The van der Waals surface area contributed by atoms with Crippen LogP contribution in [0.2, 0.25) is 0 Å². The fourth-order valence-corrected chi connectivity index (χ4v) is 2.97. The summed E-state index contributed by atoms with van der Waals surface area (Å²) in [4.78, 5) is 27.2. The van der Waals surface area contributed by atoms with Gasteiger partial charge in [-0.15, -0.1) is 0 Å². The highest BCUT2D eigenvalue weighted by Gasteiger charge is 2.24. The minimum atomic E-state index is -0.643. The van der Waals surface area contributed by atoms with Crippen molar-refractivity contribution in [1.29, 1.82) is 0 Å². The Balaban J connectivity index is 2.35. The van der Waals surface area contributed by atoms with Crippen LogP contribution in [0.1, 0.15) is 10.4 Å². The molecular formula is C21H19NO3. The average molecular weight is 333 g/mol. The van der Waals surface area contributed by atoms with Crippen molar-refractivity contribution in [2.24, 2.45) is 0 Å². The molecule has 3 rings (SSSR count). The molecule has 25 heavy (non-hydrogen) atoms. The first-order valence-corrected chi connectivity index (χ1v) is 7.94. The first kappa shape index (κ1) is 16.7. The Morgan fingerprint density at radius 3 is 1.92 bits per heavy atom. The van der Waals surface area contributed by atoms with E-state index in [2.05, 4.69) is 6.07 Å². The zero-order valence-corrected chi connectivity index (χ0v) is 14.4. The molecule has 0 saturated heterocycles. The van der Waals surface area contributed by atoms with Gasteiger partial charge in [-0.3, -0.25) is 4.79 Å². The SMILES string of the molecule is COC(=O)/C(=C\N(C)C)C(=O)c1c2ccccc2cc2ccccc12. The highest BCUT2D eigenvalue weighted by atomic mass is 16.5. The Morgan fingerprint density at radius 1 is 0.920 bits per heavy atom. The number of ketones is 1. The van der Waals surface area contributed by atoms with Crippen LogP contribution < -0.4 is 0 Å². The van der Waals surface area contributed by atoms with E-state index >= 15 is 0 Å². The van der Waals surface area contributed by atoms with Crippen LogP contribution in [-0.4, -0.2) is 37.9 Å². The lowest BCUT2D eigenvalue weighted by molar-refractivity contribution is -0.135. The molecule has 0 heterocycles. The molecule has 0 radical (unpaired) electrons. The van der Waals surface area contributed by atoms with E-state index in [4.69, 9.17) is 4.74 Å². The maximum absolute atomic E-state index is 13.3. The van der Waals surface area contributed by atoms with Gasteiger partial charge in [0.15, 0.2) is 0 Å². The second kappa shape index (κ2) is 6.77. The highest BCUT2D eigenvalue weighted by molar-refractivity contribution is 6.32. The summed E-state index contributed by atoms with van der Waals surface area (Å²) in [5, 5.41) is 3.55. The molecule has 0 aromatic heterocycles. The lowest BCUT2D eigenvalue weighted by atomic mass is 9.91. The second-order valence-corrected chi connectivity index (χ2v) is 6.02. The maximum atomic E-state index is 13.3. The van der Waals surface area contributed by atoms with Gasteiger partial charge in [-0.05, 0) is 27.6 Å². The summed E-state index contributed by atoms with van der Waals surface area (Å²) >= 11 is 0. The smallest absolute Gasteiger partial charge is 0.343 e. The molecule has 4 nitrogen and oxygen atoms in total. The monoisotopic (exact) mass is 333 g/mol. The summed E-state index contributed by atoms with van der Waals surface area (Å²) in [5.41, 5.74) is 0.529. The molecule has 3 aromatic rings. The molecule has 0 atom stereocenters. The van der Waals surface area contributed by atoms with E-state index in [0.29, 0.717) is 5.56 Å². The number of methoxy groups -OCH3 is 1. The van der Waals surface area contributed by atoms with Crippen molar-refractivity contribution in [1.82, 2.24) is 4.90 Å². The number of fused-ring (bicyclic) bond motifs is 2. The van der Waals surface area contributed by atoms with Crippen LogP contribution in [0.15, 0.2) is 66.4 Å². The van der Waals surface area contributed by atoms with Crippen LogP contribution in [0, 0.1) is 0 Å². The Hall–Kier alpha value is -3.14. The number of rotatable bonds is 4. The Bertz CT molecular complexity index is 948. The lowest BCUT2D eigenvalue weighted by Gasteiger charge is -2.14. The molecule has 0 saturated carbocycles. The van der Waals surface area contributed by atoms with Crippen molar-refractivity contribution < 1.29 is 14.3 Å². The Labute approximate surface area is 146 Å². The second-order valence-electron chi connectivity index (χ2n) is 6.02. The van der Waals surface area contributed by atoms with E-state index in [1.807, 2.05) is 48.5 Å². The largest absolute Gasteiger partial charge is 0.465 e. The summed E-state index contributed by atoms with van der Waals surface area (Å²) in [6, 6.07) is 17.4. The minimum Gasteiger partial charge on any atom is -0.465 e. The first-order valence-electron chi connectivity index (χ1n) is 7.94. The number of benzene rings is 3. The Morgan fingerprint density at radius 2 is 1.44 bits per heavy atom. The third-order valence-corrected chi connectivity index (χ3v) is 4.04. The zero-order chi connectivity index (χ0) is 18.0. The van der Waals surface area contributed by atoms with Crippen molar-refractivity contribution in [3.63, 3.8) is 0 Å². The number of carbonyl (C=O) groups is 2. The van der Waals surface area contributed by atoms with Gasteiger partial charge in [-0.1, -0.05) is 48.5 Å². The molecule has 126 valence electrons. The normalized spacial score (nSPS) is 11.6. The molecule has 3 aromatic carbocycles. The molecule has 4 heteroatoms. The van der Waals surface area contributed by atoms with E-state index in [9.17, 15) is 9.59 Å². The van der Waals surface area contributed by atoms with Gasteiger partial charge in [0, 0.05) is 25.9 Å². The summed E-state index contributed by atoms with van der Waals surface area (Å²) in [5.74, 6) is -0.982. The molecule has 0 N–H and O–H groups in total. The quantitative estimate of drug-likeness (QED) is 0.182. The van der Waals surface area contributed by atoms with Gasteiger partial charge in [0.25, 0.3) is 0 Å². The van der Waals surface area contributed by atoms with Crippen molar-refractivity contribution in [2.75, 3.05) is 21.2 Å². The lowest BCUT2D eigenvalue weighted by Crippen LogP contribution is -2.19. The van der Waals surface area contributed by atoms with Crippen molar-refractivity contribution in [3.05, 3.63) is 71.9 Å². The third-order valence-electron chi connectivity index (χ3n) is 4.04. The van der Waals surface area contributed by atoms with Gasteiger partial charge in [0.1, 0.15) is 5.57 Å². The van der Waals surface area contributed by atoms with E-state index in [0.717, 1.165) is 21.5 Å². The molecule has 0 bridgehead atoms.